The largest absolute Gasteiger partial charge is 0.291 e. The minimum absolute atomic E-state index is 0.595. The SMILES string of the molecule is CC/C=C/C/C=C/C/C=C/CCCCC[C]=O. The number of allylic oxidation sites excluding steroid dienone is 6. The fraction of sp³-hybridized carbons (Fsp3) is 0.562. The van der Waals surface area contributed by atoms with Gasteiger partial charge in [0.25, 0.3) is 0 Å². The van der Waals surface area contributed by atoms with Crippen LogP contribution in [0.25, 0.3) is 0 Å². The van der Waals surface area contributed by atoms with Gasteiger partial charge in [0.1, 0.15) is 0 Å². The van der Waals surface area contributed by atoms with Crippen molar-refractivity contribution in [3.8, 4) is 0 Å². The van der Waals surface area contributed by atoms with Crippen molar-refractivity contribution in [1.82, 2.24) is 0 Å². The number of carbonyl (C=O) groups excluding carboxylic acids is 1. The summed E-state index contributed by atoms with van der Waals surface area (Å²) in [5.41, 5.74) is 0. The van der Waals surface area contributed by atoms with Gasteiger partial charge < -0.3 is 0 Å². The topological polar surface area (TPSA) is 17.1 Å². The molecule has 0 fully saturated rings. The molecule has 0 aliphatic carbocycles. The van der Waals surface area contributed by atoms with Crippen molar-refractivity contribution in [2.75, 3.05) is 0 Å². The molecule has 0 spiro atoms. The third-order valence-electron chi connectivity index (χ3n) is 2.43. The highest BCUT2D eigenvalue weighted by Crippen LogP contribution is 2.03. The molecule has 0 unspecified atom stereocenters. The van der Waals surface area contributed by atoms with E-state index in [1.165, 1.54) is 6.42 Å². The first kappa shape index (κ1) is 15.9. The smallest absolute Gasteiger partial charge is 0.198 e. The molecule has 1 radical (unpaired) electrons. The molecule has 0 saturated carbocycles. The molecule has 0 atom stereocenters. The maximum atomic E-state index is 9.95. The van der Waals surface area contributed by atoms with Crippen LogP contribution in [0.15, 0.2) is 36.5 Å². The summed E-state index contributed by atoms with van der Waals surface area (Å²) in [5, 5.41) is 0. The Labute approximate surface area is 106 Å². The summed E-state index contributed by atoms with van der Waals surface area (Å²) in [4.78, 5) is 9.95. The van der Waals surface area contributed by atoms with E-state index in [0.717, 1.165) is 38.5 Å². The van der Waals surface area contributed by atoms with Crippen LogP contribution in [0.4, 0.5) is 0 Å². The van der Waals surface area contributed by atoms with Crippen LogP contribution in [-0.4, -0.2) is 6.29 Å². The van der Waals surface area contributed by atoms with Crippen molar-refractivity contribution in [3.05, 3.63) is 36.5 Å². The lowest BCUT2D eigenvalue weighted by Gasteiger charge is -1.92. The van der Waals surface area contributed by atoms with Crippen LogP contribution < -0.4 is 0 Å². The van der Waals surface area contributed by atoms with Crippen LogP contribution in [0, 0.1) is 0 Å². The average molecular weight is 233 g/mol. The molecule has 0 bridgehead atoms. The summed E-state index contributed by atoms with van der Waals surface area (Å²) in [5.74, 6) is 0. The molecule has 17 heavy (non-hydrogen) atoms. The maximum Gasteiger partial charge on any atom is 0.198 e. The van der Waals surface area contributed by atoms with Gasteiger partial charge >= 0.3 is 0 Å². The molecule has 0 aromatic heterocycles. The molecule has 95 valence electrons. The van der Waals surface area contributed by atoms with E-state index in [0.29, 0.717) is 6.42 Å². The van der Waals surface area contributed by atoms with Gasteiger partial charge in [-0.3, -0.25) is 4.79 Å². The van der Waals surface area contributed by atoms with Gasteiger partial charge in [-0.25, -0.2) is 0 Å². The number of hydrogen-bond donors (Lipinski definition) is 0. The molecule has 0 aliphatic rings. The first-order chi connectivity index (χ1) is 8.41. The van der Waals surface area contributed by atoms with Crippen LogP contribution in [0.3, 0.4) is 0 Å². The summed E-state index contributed by atoms with van der Waals surface area (Å²) >= 11 is 0. The molecule has 0 aliphatic heterocycles. The molecule has 1 heteroatoms. The Morgan fingerprint density at radius 3 is 2.12 bits per heavy atom. The lowest BCUT2D eigenvalue weighted by Crippen LogP contribution is -1.77. The zero-order valence-electron chi connectivity index (χ0n) is 11.0. The van der Waals surface area contributed by atoms with Gasteiger partial charge in [-0.05, 0) is 38.5 Å². The lowest BCUT2D eigenvalue weighted by atomic mass is 10.1. The Balaban J connectivity index is 3.24. The highest BCUT2D eigenvalue weighted by molar-refractivity contribution is 5.50. The molecule has 0 saturated heterocycles. The van der Waals surface area contributed by atoms with Crippen molar-refractivity contribution in [3.63, 3.8) is 0 Å². The minimum atomic E-state index is 0.595. The zero-order chi connectivity index (χ0) is 12.6. The summed E-state index contributed by atoms with van der Waals surface area (Å²) < 4.78 is 0. The second-order valence-corrected chi connectivity index (χ2v) is 4.04. The zero-order valence-corrected chi connectivity index (χ0v) is 11.0. The number of hydrogen-bond acceptors (Lipinski definition) is 1. The summed E-state index contributed by atoms with van der Waals surface area (Å²) in [7, 11) is 0. The van der Waals surface area contributed by atoms with Crippen LogP contribution in [0.2, 0.25) is 0 Å². The first-order valence-corrected chi connectivity index (χ1v) is 6.71. The van der Waals surface area contributed by atoms with E-state index >= 15 is 0 Å². The Kier molecular flexibility index (Phi) is 13.9. The number of rotatable bonds is 11. The fourth-order valence-corrected chi connectivity index (χ4v) is 1.46. The summed E-state index contributed by atoms with van der Waals surface area (Å²) in [6.45, 7) is 2.15. The van der Waals surface area contributed by atoms with Crippen molar-refractivity contribution >= 4 is 6.29 Å². The van der Waals surface area contributed by atoms with E-state index in [-0.39, 0.29) is 0 Å². The Morgan fingerprint density at radius 2 is 1.47 bits per heavy atom. The average Bonchev–Trinajstić information content (AvgIpc) is 2.35. The van der Waals surface area contributed by atoms with Crippen molar-refractivity contribution in [2.45, 2.75) is 58.3 Å². The van der Waals surface area contributed by atoms with Gasteiger partial charge in [-0.1, -0.05) is 49.8 Å². The van der Waals surface area contributed by atoms with Gasteiger partial charge in [0.05, 0.1) is 0 Å². The molecular formula is C16H25O. The fourth-order valence-electron chi connectivity index (χ4n) is 1.46. The van der Waals surface area contributed by atoms with E-state index in [1.807, 2.05) is 6.29 Å². The first-order valence-electron chi connectivity index (χ1n) is 6.71. The molecule has 0 heterocycles. The number of unbranched alkanes of at least 4 members (excludes halogenated alkanes) is 4. The van der Waals surface area contributed by atoms with Gasteiger partial charge in [0.15, 0.2) is 6.29 Å². The van der Waals surface area contributed by atoms with Crippen LogP contribution in [0.5, 0.6) is 0 Å². The van der Waals surface area contributed by atoms with Crippen molar-refractivity contribution in [2.24, 2.45) is 0 Å². The highest BCUT2D eigenvalue weighted by atomic mass is 16.1. The lowest BCUT2D eigenvalue weighted by molar-refractivity contribution is 0.545. The van der Waals surface area contributed by atoms with Gasteiger partial charge in [0.2, 0.25) is 0 Å². The Morgan fingerprint density at radius 1 is 0.824 bits per heavy atom. The Hall–Kier alpha value is -1.11. The predicted molar refractivity (Wildman–Crippen MR) is 75.7 cm³/mol. The highest BCUT2D eigenvalue weighted by Gasteiger charge is 1.86. The quantitative estimate of drug-likeness (QED) is 0.366. The third kappa shape index (κ3) is 14.9. The van der Waals surface area contributed by atoms with E-state index in [2.05, 4.69) is 43.4 Å². The van der Waals surface area contributed by atoms with Gasteiger partial charge in [-0.2, -0.15) is 0 Å². The molecule has 1 nitrogen and oxygen atoms in total. The van der Waals surface area contributed by atoms with Crippen molar-refractivity contribution < 1.29 is 4.79 Å². The summed E-state index contributed by atoms with van der Waals surface area (Å²) in [6, 6.07) is 0. The second kappa shape index (κ2) is 14.9. The van der Waals surface area contributed by atoms with E-state index in [4.69, 9.17) is 0 Å². The monoisotopic (exact) mass is 233 g/mol. The van der Waals surface area contributed by atoms with Crippen molar-refractivity contribution in [1.29, 1.82) is 0 Å². The van der Waals surface area contributed by atoms with Crippen LogP contribution in [0.1, 0.15) is 58.3 Å². The van der Waals surface area contributed by atoms with Gasteiger partial charge in [0, 0.05) is 6.42 Å². The third-order valence-corrected chi connectivity index (χ3v) is 2.43. The van der Waals surface area contributed by atoms with Gasteiger partial charge in [-0.15, -0.1) is 0 Å². The molecule has 0 amide bonds. The predicted octanol–water partition coefficient (Wildman–Crippen LogP) is 4.91. The molecular weight excluding hydrogens is 208 g/mol. The summed E-state index contributed by atoms with van der Waals surface area (Å²) in [6.07, 6.45) is 23.4. The molecule has 0 aromatic carbocycles. The van der Waals surface area contributed by atoms with E-state index in [9.17, 15) is 4.79 Å². The second-order valence-electron chi connectivity index (χ2n) is 4.04. The Bertz CT molecular complexity index is 236. The maximum absolute atomic E-state index is 9.95. The standard InChI is InChI=1S/C16H25O/c1-2-3-4-5-6-7-8-9-10-11-12-13-14-15-16-17/h3-4,6-7,9-10H,2,5,8,11-15H2,1H3/b4-3+,7-6+,10-9+. The molecule has 0 rings (SSSR count). The molecule has 0 N–H and O–H groups in total. The normalized spacial score (nSPS) is 12.1. The molecule has 0 aromatic rings. The van der Waals surface area contributed by atoms with Crippen LogP contribution in [-0.2, 0) is 4.79 Å². The van der Waals surface area contributed by atoms with E-state index in [1.54, 1.807) is 0 Å². The minimum Gasteiger partial charge on any atom is -0.291 e. The van der Waals surface area contributed by atoms with Crippen LogP contribution >= 0.6 is 0 Å². The van der Waals surface area contributed by atoms with E-state index < -0.39 is 0 Å².